The van der Waals surface area contributed by atoms with Crippen LogP contribution < -0.4 is 0 Å². The van der Waals surface area contributed by atoms with Gasteiger partial charge in [-0.2, -0.15) is 0 Å². The van der Waals surface area contributed by atoms with Crippen LogP contribution in [0.4, 0.5) is 0 Å². The topological polar surface area (TPSA) is 43.7 Å². The normalized spacial score (nSPS) is 31.7. The lowest BCUT2D eigenvalue weighted by Gasteiger charge is -2.41. The van der Waals surface area contributed by atoms with Crippen molar-refractivity contribution in [3.05, 3.63) is 0 Å². The van der Waals surface area contributed by atoms with Gasteiger partial charge < -0.3 is 15.1 Å². The fraction of sp³-hybridized carbons (Fsp3) is 1.00. The Bertz CT molecular complexity index is 249. The maximum Gasteiger partial charge on any atom is 0.0584 e. The maximum absolute atomic E-state index is 10.2. The van der Waals surface area contributed by atoms with Gasteiger partial charge in [0.2, 0.25) is 0 Å². The first-order valence-electron chi connectivity index (χ1n) is 7.24. The SMILES string of the molecule is CC(CO)N(C)CC1CC(C(C)(C)C)CCC1O. The summed E-state index contributed by atoms with van der Waals surface area (Å²) >= 11 is 0. The average Bonchev–Trinajstić information content (AvgIpc) is 2.29. The molecule has 4 atom stereocenters. The smallest absolute Gasteiger partial charge is 0.0584 e. The van der Waals surface area contributed by atoms with E-state index in [1.165, 1.54) is 0 Å². The van der Waals surface area contributed by atoms with Crippen LogP contribution in [0.1, 0.15) is 47.0 Å². The summed E-state index contributed by atoms with van der Waals surface area (Å²) in [6.45, 7) is 9.99. The van der Waals surface area contributed by atoms with Gasteiger partial charge in [-0.3, -0.25) is 0 Å². The summed E-state index contributed by atoms with van der Waals surface area (Å²) in [6.07, 6.45) is 3.00. The third-order valence-corrected chi connectivity index (χ3v) is 4.71. The highest BCUT2D eigenvalue weighted by Crippen LogP contribution is 2.40. The van der Waals surface area contributed by atoms with Crippen LogP contribution in [-0.2, 0) is 0 Å². The molecule has 3 heteroatoms. The Morgan fingerprint density at radius 1 is 1.28 bits per heavy atom. The lowest BCUT2D eigenvalue weighted by Crippen LogP contribution is -2.43. The Hall–Kier alpha value is -0.120. The number of aliphatic hydroxyl groups excluding tert-OH is 2. The second kappa shape index (κ2) is 6.36. The fourth-order valence-corrected chi connectivity index (χ4v) is 2.92. The Morgan fingerprint density at radius 3 is 2.39 bits per heavy atom. The first-order chi connectivity index (χ1) is 8.25. The zero-order valence-corrected chi connectivity index (χ0v) is 12.7. The lowest BCUT2D eigenvalue weighted by molar-refractivity contribution is -0.00116. The van der Waals surface area contributed by atoms with Crippen LogP contribution in [0.25, 0.3) is 0 Å². The summed E-state index contributed by atoms with van der Waals surface area (Å²) in [4.78, 5) is 2.17. The minimum atomic E-state index is -0.169. The van der Waals surface area contributed by atoms with Crippen molar-refractivity contribution in [3.8, 4) is 0 Å². The Labute approximate surface area is 112 Å². The van der Waals surface area contributed by atoms with Crippen molar-refractivity contribution < 1.29 is 10.2 Å². The number of nitrogens with zero attached hydrogens (tertiary/aromatic N) is 1. The van der Waals surface area contributed by atoms with Crippen LogP contribution in [0.2, 0.25) is 0 Å². The molecular formula is C15H31NO2. The Morgan fingerprint density at radius 2 is 1.89 bits per heavy atom. The molecule has 0 aromatic rings. The molecule has 0 aromatic carbocycles. The minimum Gasteiger partial charge on any atom is -0.395 e. The molecule has 1 saturated carbocycles. The fourth-order valence-electron chi connectivity index (χ4n) is 2.92. The summed E-state index contributed by atoms with van der Waals surface area (Å²) in [5, 5.41) is 19.3. The summed E-state index contributed by atoms with van der Waals surface area (Å²) in [6, 6.07) is 0.173. The zero-order chi connectivity index (χ0) is 13.9. The monoisotopic (exact) mass is 257 g/mol. The number of hydrogen-bond donors (Lipinski definition) is 2. The second-order valence-electron chi connectivity index (χ2n) is 7.17. The molecule has 1 aliphatic rings. The van der Waals surface area contributed by atoms with E-state index in [2.05, 4.69) is 25.7 Å². The van der Waals surface area contributed by atoms with Gasteiger partial charge in [0.25, 0.3) is 0 Å². The van der Waals surface area contributed by atoms with Crippen LogP contribution in [0.15, 0.2) is 0 Å². The van der Waals surface area contributed by atoms with Crippen molar-refractivity contribution >= 4 is 0 Å². The van der Waals surface area contributed by atoms with E-state index in [1.807, 2.05) is 14.0 Å². The van der Waals surface area contributed by atoms with Gasteiger partial charge >= 0.3 is 0 Å². The molecule has 1 aliphatic carbocycles. The number of rotatable bonds is 4. The highest BCUT2D eigenvalue weighted by molar-refractivity contribution is 4.87. The van der Waals surface area contributed by atoms with E-state index in [0.29, 0.717) is 17.3 Å². The van der Waals surface area contributed by atoms with Crippen molar-refractivity contribution in [1.29, 1.82) is 0 Å². The molecule has 2 N–H and O–H groups in total. The third-order valence-electron chi connectivity index (χ3n) is 4.71. The largest absolute Gasteiger partial charge is 0.395 e. The highest BCUT2D eigenvalue weighted by atomic mass is 16.3. The van der Waals surface area contributed by atoms with Crippen LogP contribution in [-0.4, -0.2) is 47.5 Å². The predicted octanol–water partition coefficient (Wildman–Crippen LogP) is 2.12. The van der Waals surface area contributed by atoms with Gasteiger partial charge in [0.1, 0.15) is 0 Å². The van der Waals surface area contributed by atoms with Crippen LogP contribution in [0.5, 0.6) is 0 Å². The van der Waals surface area contributed by atoms with Gasteiger partial charge in [0.05, 0.1) is 12.7 Å². The summed E-state index contributed by atoms with van der Waals surface area (Å²) in [5.41, 5.74) is 0.333. The number of hydrogen-bond acceptors (Lipinski definition) is 3. The lowest BCUT2D eigenvalue weighted by atomic mass is 9.68. The van der Waals surface area contributed by atoms with Gasteiger partial charge in [-0.1, -0.05) is 20.8 Å². The van der Waals surface area contributed by atoms with Gasteiger partial charge in [0, 0.05) is 12.6 Å². The quantitative estimate of drug-likeness (QED) is 0.811. The predicted molar refractivity (Wildman–Crippen MR) is 75.5 cm³/mol. The van der Waals surface area contributed by atoms with Crippen molar-refractivity contribution in [2.45, 2.75) is 59.1 Å². The Kier molecular flexibility index (Phi) is 5.63. The number of aliphatic hydroxyl groups is 2. The molecule has 1 fully saturated rings. The van der Waals surface area contributed by atoms with Crippen molar-refractivity contribution in [1.82, 2.24) is 4.90 Å². The molecule has 0 aliphatic heterocycles. The number of likely N-dealkylation sites (N-methyl/N-ethyl adjacent to an activating group) is 1. The zero-order valence-electron chi connectivity index (χ0n) is 12.7. The van der Waals surface area contributed by atoms with Crippen molar-refractivity contribution in [3.63, 3.8) is 0 Å². The van der Waals surface area contributed by atoms with Crippen molar-refractivity contribution in [2.75, 3.05) is 20.2 Å². The molecule has 3 nitrogen and oxygen atoms in total. The molecule has 0 bridgehead atoms. The molecule has 0 saturated heterocycles. The molecule has 0 radical (unpaired) electrons. The maximum atomic E-state index is 10.2. The second-order valence-corrected chi connectivity index (χ2v) is 7.17. The van der Waals surface area contributed by atoms with Gasteiger partial charge in [-0.15, -0.1) is 0 Å². The first kappa shape index (κ1) is 15.9. The molecule has 0 aromatic heterocycles. The van der Waals surface area contributed by atoms with Crippen molar-refractivity contribution in [2.24, 2.45) is 17.3 Å². The van der Waals surface area contributed by atoms with Crippen LogP contribution in [0, 0.1) is 17.3 Å². The van der Waals surface area contributed by atoms with E-state index >= 15 is 0 Å². The van der Waals surface area contributed by atoms with Crippen LogP contribution >= 0.6 is 0 Å². The molecule has 0 heterocycles. The van der Waals surface area contributed by atoms with E-state index in [1.54, 1.807) is 0 Å². The van der Waals surface area contributed by atoms with Gasteiger partial charge in [0.15, 0.2) is 0 Å². The minimum absolute atomic E-state index is 0.169. The van der Waals surface area contributed by atoms with Crippen LogP contribution in [0.3, 0.4) is 0 Å². The third kappa shape index (κ3) is 4.22. The summed E-state index contributed by atoms with van der Waals surface area (Å²) in [5.74, 6) is 1.05. The highest BCUT2D eigenvalue weighted by Gasteiger charge is 2.35. The van der Waals surface area contributed by atoms with E-state index in [-0.39, 0.29) is 18.8 Å². The molecule has 18 heavy (non-hydrogen) atoms. The van der Waals surface area contributed by atoms with Gasteiger partial charge in [-0.25, -0.2) is 0 Å². The summed E-state index contributed by atoms with van der Waals surface area (Å²) in [7, 11) is 2.04. The first-order valence-corrected chi connectivity index (χ1v) is 7.24. The molecular weight excluding hydrogens is 226 g/mol. The standard InChI is InChI=1S/C15H31NO2/c1-11(10-17)16(5)9-12-8-13(15(2,3)4)6-7-14(12)18/h11-14,17-18H,6-10H2,1-5H3. The molecule has 4 unspecified atom stereocenters. The molecule has 0 amide bonds. The molecule has 0 spiro atoms. The van der Waals surface area contributed by atoms with E-state index < -0.39 is 0 Å². The van der Waals surface area contributed by atoms with E-state index in [0.717, 1.165) is 25.8 Å². The average molecular weight is 257 g/mol. The molecule has 1 rings (SSSR count). The molecule has 108 valence electrons. The Balaban J connectivity index is 2.57. The van der Waals surface area contributed by atoms with E-state index in [4.69, 9.17) is 0 Å². The van der Waals surface area contributed by atoms with Gasteiger partial charge in [-0.05, 0) is 50.5 Å². The summed E-state index contributed by atoms with van der Waals surface area (Å²) < 4.78 is 0. The van der Waals surface area contributed by atoms with E-state index in [9.17, 15) is 10.2 Å².